The van der Waals surface area contributed by atoms with E-state index < -0.39 is 12.1 Å². The molecule has 0 heterocycles. The number of ether oxygens (including phenoxy) is 1. The van der Waals surface area contributed by atoms with E-state index in [9.17, 15) is 19.8 Å². The van der Waals surface area contributed by atoms with Crippen LogP contribution in [-0.2, 0) is 14.3 Å². The van der Waals surface area contributed by atoms with Crippen LogP contribution in [0.25, 0.3) is 0 Å². The van der Waals surface area contributed by atoms with Crippen LogP contribution in [0.15, 0.2) is 12.2 Å². The monoisotopic (exact) mass is 1180 g/mol. The van der Waals surface area contributed by atoms with Crippen LogP contribution in [0.3, 0.4) is 0 Å². The van der Waals surface area contributed by atoms with Crippen molar-refractivity contribution in [2.45, 2.75) is 463 Å². The summed E-state index contributed by atoms with van der Waals surface area (Å²) >= 11 is 0. The molecule has 0 saturated heterocycles. The van der Waals surface area contributed by atoms with Crippen molar-refractivity contribution in [3.8, 4) is 0 Å². The molecule has 0 saturated carbocycles. The smallest absolute Gasteiger partial charge is 0.305 e. The van der Waals surface area contributed by atoms with Crippen LogP contribution in [0, 0.1) is 0 Å². The molecule has 0 aliphatic heterocycles. The second-order valence-corrected chi connectivity index (χ2v) is 27.0. The summed E-state index contributed by atoms with van der Waals surface area (Å²) in [5, 5.41) is 23.4. The highest BCUT2D eigenvalue weighted by Gasteiger charge is 2.20. The SMILES string of the molecule is CCCCCC/C=C\CCCCCCCC(=O)OCCCCCCCCCCCCCCCCCCCCCCCCCCCCCCCCCCCCCCCCCC(=O)NC(CO)C(O)CCCCCCCCCCCCCCCCC. The molecule has 1 amide bonds. The van der Waals surface area contributed by atoms with Crippen LogP contribution in [0.1, 0.15) is 450 Å². The number of hydrogen-bond donors (Lipinski definition) is 3. The number of hydrogen-bond acceptors (Lipinski definition) is 5. The standard InChI is InChI=1S/C78H153NO5/c1-3-5-7-9-11-13-15-17-43-47-50-54-58-62-66-70-76(81)75(74-80)79-77(82)71-67-63-59-55-51-48-44-41-39-37-35-33-31-29-27-25-23-21-19-18-20-22-24-26-28-30-32-34-36-38-40-42-45-49-53-57-61-65-69-73-84-78(83)72-68-64-60-56-52-46-16-14-12-10-8-6-4-2/h14,16,75-76,80-81H,3-13,15,17-74H2,1-2H3,(H,79,82)/b16-14-. The van der Waals surface area contributed by atoms with Crippen molar-refractivity contribution in [1.82, 2.24) is 5.32 Å². The van der Waals surface area contributed by atoms with Gasteiger partial charge in [0.2, 0.25) is 5.91 Å². The topological polar surface area (TPSA) is 95.9 Å². The molecule has 2 atom stereocenters. The average molecular weight is 1190 g/mol. The average Bonchev–Trinajstić information content (AvgIpc) is 3.53. The maximum Gasteiger partial charge on any atom is 0.305 e. The third-order valence-corrected chi connectivity index (χ3v) is 18.6. The Hall–Kier alpha value is -1.40. The maximum atomic E-state index is 12.5. The van der Waals surface area contributed by atoms with E-state index in [1.54, 1.807) is 0 Å². The van der Waals surface area contributed by atoms with Crippen LogP contribution in [0.4, 0.5) is 0 Å². The van der Waals surface area contributed by atoms with Gasteiger partial charge in [-0.1, -0.05) is 398 Å². The van der Waals surface area contributed by atoms with Crippen molar-refractivity contribution >= 4 is 11.9 Å². The van der Waals surface area contributed by atoms with Crippen LogP contribution in [0.5, 0.6) is 0 Å². The lowest BCUT2D eigenvalue weighted by Crippen LogP contribution is -2.45. The molecule has 0 fully saturated rings. The normalized spacial score (nSPS) is 12.5. The lowest BCUT2D eigenvalue weighted by atomic mass is 10.0. The van der Waals surface area contributed by atoms with Crippen LogP contribution in [-0.4, -0.2) is 47.4 Å². The molecule has 0 aromatic rings. The third kappa shape index (κ3) is 69.7. The van der Waals surface area contributed by atoms with Gasteiger partial charge < -0.3 is 20.3 Å². The van der Waals surface area contributed by atoms with Crippen molar-refractivity contribution in [2.24, 2.45) is 0 Å². The fraction of sp³-hybridized carbons (Fsp3) is 0.949. The van der Waals surface area contributed by atoms with E-state index in [-0.39, 0.29) is 18.5 Å². The lowest BCUT2D eigenvalue weighted by Gasteiger charge is -2.22. The molecule has 0 aliphatic carbocycles. The highest BCUT2D eigenvalue weighted by atomic mass is 16.5. The molecule has 2 unspecified atom stereocenters. The Balaban J connectivity index is 3.28. The van der Waals surface area contributed by atoms with Crippen LogP contribution < -0.4 is 5.32 Å². The Labute approximate surface area is 527 Å². The van der Waals surface area contributed by atoms with Crippen LogP contribution >= 0.6 is 0 Å². The Morgan fingerprint density at radius 2 is 0.560 bits per heavy atom. The first-order chi connectivity index (χ1) is 41.5. The molecule has 0 aromatic carbocycles. The fourth-order valence-corrected chi connectivity index (χ4v) is 12.6. The van der Waals surface area contributed by atoms with E-state index in [1.165, 1.54) is 372 Å². The fourth-order valence-electron chi connectivity index (χ4n) is 12.6. The first-order valence-corrected chi connectivity index (χ1v) is 38.9. The summed E-state index contributed by atoms with van der Waals surface area (Å²) in [6.07, 6.45) is 93.1. The molecule has 500 valence electrons. The van der Waals surface area contributed by atoms with Gasteiger partial charge in [0.25, 0.3) is 0 Å². The van der Waals surface area contributed by atoms with Gasteiger partial charge in [-0.25, -0.2) is 0 Å². The predicted octanol–water partition coefficient (Wildman–Crippen LogP) is 25.5. The quantitative estimate of drug-likeness (QED) is 0.0320. The minimum atomic E-state index is -0.659. The van der Waals surface area contributed by atoms with Gasteiger partial charge in [0.15, 0.2) is 0 Å². The second kappa shape index (κ2) is 74.1. The van der Waals surface area contributed by atoms with Gasteiger partial charge in [-0.3, -0.25) is 9.59 Å². The zero-order valence-electron chi connectivity index (χ0n) is 57.4. The Bertz CT molecular complexity index is 1270. The molecule has 0 radical (unpaired) electrons. The summed E-state index contributed by atoms with van der Waals surface area (Å²) in [5.41, 5.74) is 0. The Morgan fingerprint density at radius 1 is 0.321 bits per heavy atom. The molecule has 3 N–H and O–H groups in total. The van der Waals surface area contributed by atoms with Crippen molar-refractivity contribution in [1.29, 1.82) is 0 Å². The number of unbranched alkanes of at least 4 members (excludes halogenated alkanes) is 61. The first kappa shape index (κ1) is 82.6. The summed E-state index contributed by atoms with van der Waals surface area (Å²) in [6, 6.07) is -0.536. The van der Waals surface area contributed by atoms with Gasteiger partial charge in [0, 0.05) is 12.8 Å². The van der Waals surface area contributed by atoms with Crippen molar-refractivity contribution < 1.29 is 24.5 Å². The molecule has 84 heavy (non-hydrogen) atoms. The van der Waals surface area contributed by atoms with Gasteiger partial charge in [-0.2, -0.15) is 0 Å². The molecule has 0 rings (SSSR count). The predicted molar refractivity (Wildman–Crippen MR) is 370 cm³/mol. The van der Waals surface area contributed by atoms with E-state index in [0.29, 0.717) is 25.9 Å². The van der Waals surface area contributed by atoms with Gasteiger partial charge >= 0.3 is 5.97 Å². The highest BCUT2D eigenvalue weighted by Crippen LogP contribution is 2.20. The third-order valence-electron chi connectivity index (χ3n) is 18.6. The number of esters is 1. The number of carbonyl (C=O) groups excluding carboxylic acids is 2. The molecule has 6 heteroatoms. The number of rotatable bonds is 74. The largest absolute Gasteiger partial charge is 0.466 e. The zero-order valence-corrected chi connectivity index (χ0v) is 57.4. The molecular weight excluding hydrogens is 1030 g/mol. The van der Waals surface area contributed by atoms with E-state index in [0.717, 1.165) is 44.9 Å². The second-order valence-electron chi connectivity index (χ2n) is 27.0. The number of aliphatic hydroxyl groups is 2. The van der Waals surface area contributed by atoms with Gasteiger partial charge in [-0.05, 0) is 51.4 Å². The molecule has 0 spiro atoms. The van der Waals surface area contributed by atoms with E-state index in [4.69, 9.17) is 4.74 Å². The number of amides is 1. The van der Waals surface area contributed by atoms with Crippen molar-refractivity contribution in [3.05, 3.63) is 12.2 Å². The minimum Gasteiger partial charge on any atom is -0.466 e. The van der Waals surface area contributed by atoms with E-state index in [2.05, 4.69) is 31.3 Å². The number of nitrogens with one attached hydrogen (secondary N) is 1. The summed E-state index contributed by atoms with van der Waals surface area (Å²) in [6.45, 7) is 4.98. The molecule has 0 aliphatic rings. The Kier molecular flexibility index (Phi) is 72.8. The number of aliphatic hydroxyl groups excluding tert-OH is 2. The minimum absolute atomic E-state index is 0.0156. The van der Waals surface area contributed by atoms with Gasteiger partial charge in [0.05, 0.1) is 25.4 Å². The van der Waals surface area contributed by atoms with Gasteiger partial charge in [-0.15, -0.1) is 0 Å². The number of carbonyl (C=O) groups is 2. The van der Waals surface area contributed by atoms with Crippen molar-refractivity contribution in [2.75, 3.05) is 13.2 Å². The Morgan fingerprint density at radius 3 is 0.857 bits per heavy atom. The molecular formula is C78H153NO5. The summed E-state index contributed by atoms with van der Waals surface area (Å²) in [5.74, 6) is -0.00936. The molecule has 0 bridgehead atoms. The van der Waals surface area contributed by atoms with Crippen LogP contribution in [0.2, 0.25) is 0 Å². The lowest BCUT2D eigenvalue weighted by molar-refractivity contribution is -0.143. The maximum absolute atomic E-state index is 12.5. The summed E-state index contributed by atoms with van der Waals surface area (Å²) in [7, 11) is 0. The molecule has 6 nitrogen and oxygen atoms in total. The molecule has 0 aromatic heterocycles. The highest BCUT2D eigenvalue weighted by molar-refractivity contribution is 5.76. The van der Waals surface area contributed by atoms with Gasteiger partial charge in [0.1, 0.15) is 0 Å². The van der Waals surface area contributed by atoms with E-state index >= 15 is 0 Å². The number of allylic oxidation sites excluding steroid dienone is 2. The summed E-state index contributed by atoms with van der Waals surface area (Å²) < 4.78 is 5.49. The summed E-state index contributed by atoms with van der Waals surface area (Å²) in [4.78, 5) is 24.6. The van der Waals surface area contributed by atoms with E-state index in [1.807, 2.05) is 0 Å². The first-order valence-electron chi connectivity index (χ1n) is 38.9. The van der Waals surface area contributed by atoms with Crippen molar-refractivity contribution in [3.63, 3.8) is 0 Å². The zero-order chi connectivity index (χ0) is 60.6.